The Morgan fingerprint density at radius 2 is 1.90 bits per heavy atom. The van der Waals surface area contributed by atoms with Gasteiger partial charge >= 0.3 is 0 Å². The predicted molar refractivity (Wildman–Crippen MR) is 77.6 cm³/mol. The van der Waals surface area contributed by atoms with Crippen LogP contribution in [0.5, 0.6) is 5.75 Å². The van der Waals surface area contributed by atoms with Crippen molar-refractivity contribution in [1.82, 2.24) is 9.80 Å². The molecule has 1 aromatic carbocycles. The summed E-state index contributed by atoms with van der Waals surface area (Å²) in [5.74, 6) is 1.67. The molecule has 0 unspecified atom stereocenters. The molecule has 20 heavy (non-hydrogen) atoms. The van der Waals surface area contributed by atoms with E-state index in [-0.39, 0.29) is 0 Å². The van der Waals surface area contributed by atoms with Crippen LogP contribution in [0, 0.1) is 5.92 Å². The smallest absolute Gasteiger partial charge is 0.225 e. The third-order valence-corrected chi connectivity index (χ3v) is 4.20. The fourth-order valence-corrected chi connectivity index (χ4v) is 2.79. The molecule has 0 N–H and O–H groups in total. The van der Waals surface area contributed by atoms with Crippen molar-refractivity contribution in [3.05, 3.63) is 29.8 Å². The van der Waals surface area contributed by atoms with E-state index in [0.717, 1.165) is 51.3 Å². The molecule has 1 saturated heterocycles. The van der Waals surface area contributed by atoms with E-state index in [9.17, 15) is 4.79 Å². The zero-order valence-electron chi connectivity index (χ0n) is 12.0. The molecule has 2 aliphatic rings. The van der Waals surface area contributed by atoms with Crippen molar-refractivity contribution in [3.63, 3.8) is 0 Å². The van der Waals surface area contributed by atoms with Gasteiger partial charge in [0, 0.05) is 44.2 Å². The van der Waals surface area contributed by atoms with Crippen molar-refractivity contribution < 1.29 is 9.53 Å². The van der Waals surface area contributed by atoms with E-state index in [1.54, 1.807) is 7.11 Å². The molecular formula is C16H22N2O2. The molecular weight excluding hydrogens is 252 g/mol. The summed E-state index contributed by atoms with van der Waals surface area (Å²) in [6.07, 6.45) is 2.19. The van der Waals surface area contributed by atoms with Gasteiger partial charge in [0.2, 0.25) is 5.91 Å². The Morgan fingerprint density at radius 3 is 2.55 bits per heavy atom. The van der Waals surface area contributed by atoms with Crippen molar-refractivity contribution in [2.75, 3.05) is 33.3 Å². The van der Waals surface area contributed by atoms with E-state index >= 15 is 0 Å². The van der Waals surface area contributed by atoms with Crippen LogP contribution in [0.25, 0.3) is 0 Å². The number of ether oxygens (including phenoxy) is 1. The standard InChI is InChI=1S/C16H22N2O2/c1-20-15-5-3-2-4-14(15)12-17-8-10-18(11-9-17)16(19)13-6-7-13/h2-5,13H,6-12H2,1H3. The molecule has 0 spiro atoms. The molecule has 1 aliphatic heterocycles. The number of nitrogens with zero attached hydrogens (tertiary/aromatic N) is 2. The number of amides is 1. The maximum absolute atomic E-state index is 12.0. The average Bonchev–Trinajstić information content (AvgIpc) is 3.32. The molecule has 108 valence electrons. The predicted octanol–water partition coefficient (Wildman–Crippen LogP) is 1.75. The number of rotatable bonds is 4. The molecule has 0 atom stereocenters. The summed E-state index contributed by atoms with van der Waals surface area (Å²) in [7, 11) is 1.71. The number of para-hydroxylation sites is 1. The van der Waals surface area contributed by atoms with Gasteiger partial charge < -0.3 is 9.64 Å². The third-order valence-electron chi connectivity index (χ3n) is 4.20. The Balaban J connectivity index is 1.54. The number of carbonyl (C=O) groups is 1. The lowest BCUT2D eigenvalue weighted by molar-refractivity contribution is -0.134. The minimum atomic E-state index is 0.343. The topological polar surface area (TPSA) is 32.8 Å². The summed E-state index contributed by atoms with van der Waals surface area (Å²) < 4.78 is 5.39. The minimum Gasteiger partial charge on any atom is -0.496 e. The van der Waals surface area contributed by atoms with E-state index in [2.05, 4.69) is 11.0 Å². The van der Waals surface area contributed by atoms with Crippen LogP contribution < -0.4 is 4.74 Å². The van der Waals surface area contributed by atoms with Gasteiger partial charge in [-0.25, -0.2) is 0 Å². The Kier molecular flexibility index (Phi) is 3.92. The Bertz CT molecular complexity index is 477. The molecule has 0 radical (unpaired) electrons. The molecule has 1 amide bonds. The number of carbonyl (C=O) groups excluding carboxylic acids is 1. The Labute approximate surface area is 120 Å². The largest absolute Gasteiger partial charge is 0.496 e. The van der Waals surface area contributed by atoms with Crippen LogP contribution in [0.3, 0.4) is 0 Å². The minimum absolute atomic E-state index is 0.343. The Morgan fingerprint density at radius 1 is 1.20 bits per heavy atom. The van der Waals surface area contributed by atoms with E-state index in [1.165, 1.54) is 5.56 Å². The first kappa shape index (κ1) is 13.4. The monoisotopic (exact) mass is 274 g/mol. The molecule has 4 nitrogen and oxygen atoms in total. The van der Waals surface area contributed by atoms with Gasteiger partial charge in [0.15, 0.2) is 0 Å². The van der Waals surface area contributed by atoms with E-state index in [4.69, 9.17) is 4.74 Å². The molecule has 0 bridgehead atoms. The second-order valence-electron chi connectivity index (χ2n) is 5.69. The molecule has 1 aromatic rings. The van der Waals surface area contributed by atoms with E-state index in [0.29, 0.717) is 11.8 Å². The normalized spacial score (nSPS) is 19.9. The molecule has 1 saturated carbocycles. The molecule has 1 aliphatic carbocycles. The lowest BCUT2D eigenvalue weighted by Crippen LogP contribution is -2.48. The van der Waals surface area contributed by atoms with Crippen LogP contribution >= 0.6 is 0 Å². The number of methoxy groups -OCH3 is 1. The van der Waals surface area contributed by atoms with Crippen molar-refractivity contribution in [3.8, 4) is 5.75 Å². The van der Waals surface area contributed by atoms with Gasteiger partial charge in [-0.05, 0) is 18.9 Å². The van der Waals surface area contributed by atoms with Gasteiger partial charge in [-0.2, -0.15) is 0 Å². The lowest BCUT2D eigenvalue weighted by Gasteiger charge is -2.35. The molecule has 2 fully saturated rings. The highest BCUT2D eigenvalue weighted by atomic mass is 16.5. The summed E-state index contributed by atoms with van der Waals surface area (Å²) in [5.41, 5.74) is 1.22. The summed E-state index contributed by atoms with van der Waals surface area (Å²) in [6, 6.07) is 8.15. The second kappa shape index (κ2) is 5.83. The highest BCUT2D eigenvalue weighted by Gasteiger charge is 2.34. The number of hydrogen-bond acceptors (Lipinski definition) is 3. The van der Waals surface area contributed by atoms with Gasteiger partial charge in [0.25, 0.3) is 0 Å². The van der Waals surface area contributed by atoms with Crippen LogP contribution in [0.2, 0.25) is 0 Å². The fraction of sp³-hybridized carbons (Fsp3) is 0.562. The molecule has 0 aromatic heterocycles. The first-order chi connectivity index (χ1) is 9.78. The summed E-state index contributed by atoms with van der Waals surface area (Å²) in [4.78, 5) is 16.4. The van der Waals surface area contributed by atoms with E-state index in [1.807, 2.05) is 23.1 Å². The van der Waals surface area contributed by atoms with Crippen LogP contribution in [0.15, 0.2) is 24.3 Å². The number of piperazine rings is 1. The quantitative estimate of drug-likeness (QED) is 0.838. The van der Waals surface area contributed by atoms with Crippen molar-refractivity contribution >= 4 is 5.91 Å². The first-order valence-corrected chi connectivity index (χ1v) is 7.41. The van der Waals surface area contributed by atoms with Gasteiger partial charge in [0.1, 0.15) is 5.75 Å². The maximum atomic E-state index is 12.0. The van der Waals surface area contributed by atoms with Gasteiger partial charge in [-0.15, -0.1) is 0 Å². The summed E-state index contributed by atoms with van der Waals surface area (Å²) in [5, 5.41) is 0. The first-order valence-electron chi connectivity index (χ1n) is 7.41. The van der Waals surface area contributed by atoms with Gasteiger partial charge in [-0.3, -0.25) is 9.69 Å². The second-order valence-corrected chi connectivity index (χ2v) is 5.69. The van der Waals surface area contributed by atoms with Crippen molar-refractivity contribution in [2.45, 2.75) is 19.4 Å². The molecule has 3 rings (SSSR count). The fourth-order valence-electron chi connectivity index (χ4n) is 2.79. The van der Waals surface area contributed by atoms with Crippen LogP contribution in [0.1, 0.15) is 18.4 Å². The molecule has 1 heterocycles. The van der Waals surface area contributed by atoms with Crippen LogP contribution in [0.4, 0.5) is 0 Å². The SMILES string of the molecule is COc1ccccc1CN1CCN(C(=O)C2CC2)CC1. The number of benzene rings is 1. The lowest BCUT2D eigenvalue weighted by atomic mass is 10.1. The van der Waals surface area contributed by atoms with Crippen LogP contribution in [-0.4, -0.2) is 49.0 Å². The summed E-state index contributed by atoms with van der Waals surface area (Å²) in [6.45, 7) is 4.54. The maximum Gasteiger partial charge on any atom is 0.225 e. The number of hydrogen-bond donors (Lipinski definition) is 0. The van der Waals surface area contributed by atoms with Gasteiger partial charge in [-0.1, -0.05) is 18.2 Å². The van der Waals surface area contributed by atoms with Gasteiger partial charge in [0.05, 0.1) is 7.11 Å². The average molecular weight is 274 g/mol. The third kappa shape index (κ3) is 2.96. The van der Waals surface area contributed by atoms with Crippen LogP contribution in [-0.2, 0) is 11.3 Å². The van der Waals surface area contributed by atoms with E-state index < -0.39 is 0 Å². The highest BCUT2D eigenvalue weighted by Crippen LogP contribution is 2.31. The highest BCUT2D eigenvalue weighted by molar-refractivity contribution is 5.81. The Hall–Kier alpha value is -1.55. The summed E-state index contributed by atoms with van der Waals surface area (Å²) >= 11 is 0. The molecule has 4 heteroatoms. The zero-order valence-corrected chi connectivity index (χ0v) is 12.0. The van der Waals surface area contributed by atoms with Crippen molar-refractivity contribution in [1.29, 1.82) is 0 Å². The zero-order chi connectivity index (χ0) is 13.9. The van der Waals surface area contributed by atoms with Crippen molar-refractivity contribution in [2.24, 2.45) is 5.92 Å².